The average molecular weight is 1660 g/mol. The number of pyridine rings is 3. The van der Waals surface area contributed by atoms with Gasteiger partial charge in [-0.3, -0.25) is 24.1 Å². The molecule has 0 bridgehead atoms. The molecule has 6 heterocycles. The van der Waals surface area contributed by atoms with Gasteiger partial charge in [-0.1, -0.05) is 170 Å². The molecule has 9 aromatic rings. The van der Waals surface area contributed by atoms with Gasteiger partial charge in [0.15, 0.2) is 0 Å². The van der Waals surface area contributed by atoms with Crippen LogP contribution in [0.15, 0.2) is 158 Å². The number of imidazole rings is 3. The van der Waals surface area contributed by atoms with E-state index in [0.717, 1.165) is 75.2 Å². The Kier molecular flexibility index (Phi) is 38.0. The van der Waals surface area contributed by atoms with Crippen LogP contribution in [0, 0.1) is 23.7 Å². The molecule has 106 heavy (non-hydrogen) atoms. The fourth-order valence-corrected chi connectivity index (χ4v) is 18.3. The molecule has 0 amide bonds. The third kappa shape index (κ3) is 28.9. The van der Waals surface area contributed by atoms with Gasteiger partial charge in [0.2, 0.25) is 0 Å². The van der Waals surface area contributed by atoms with Crippen LogP contribution in [0.1, 0.15) is 138 Å². The van der Waals surface area contributed by atoms with E-state index in [4.69, 9.17) is 117 Å². The van der Waals surface area contributed by atoms with Gasteiger partial charge in [-0.15, -0.1) is 0 Å². The fourth-order valence-electron chi connectivity index (χ4n) is 9.92. The van der Waals surface area contributed by atoms with Gasteiger partial charge in [0.05, 0.1) is 63.1 Å². The molecule has 568 valence electrons. The second-order valence-corrected chi connectivity index (χ2v) is 33.6. The second-order valence-electron chi connectivity index (χ2n) is 23.8. The van der Waals surface area contributed by atoms with Crippen molar-refractivity contribution in [3.8, 4) is 23.7 Å². The molecule has 0 aliphatic heterocycles. The Balaban J connectivity index is 0.000000227. The van der Waals surface area contributed by atoms with E-state index in [-0.39, 0.29) is 103 Å². The van der Waals surface area contributed by atoms with Gasteiger partial charge in [0, 0.05) is 82.0 Å². The predicted octanol–water partition coefficient (Wildman–Crippen LogP) is 20.7. The summed E-state index contributed by atoms with van der Waals surface area (Å²) in [5, 5.41) is 16.3. The van der Waals surface area contributed by atoms with Gasteiger partial charge < -0.3 is 55.9 Å². The lowest BCUT2D eigenvalue weighted by molar-refractivity contribution is 0.142. The maximum atomic E-state index is 12.4. The van der Waals surface area contributed by atoms with Crippen LogP contribution in [0.2, 0.25) is 30.1 Å². The number of hydrogen-bond donors (Lipinski definition) is 1. The molecule has 0 saturated carbocycles. The Morgan fingerprint density at radius 1 is 0.406 bits per heavy atom. The average Bonchev–Trinajstić information content (AvgIpc) is 1.65. The highest BCUT2D eigenvalue weighted by molar-refractivity contribution is 7.99. The summed E-state index contributed by atoms with van der Waals surface area (Å²) in [6, 6.07) is 28.3. The zero-order valence-corrected chi connectivity index (χ0v) is 69.4. The first-order valence-electron chi connectivity index (χ1n) is 33.9. The number of aliphatic hydroxyl groups excluding tert-OH is 1. The molecular formula is C75H87Cl6N9O11P2S3. The summed E-state index contributed by atoms with van der Waals surface area (Å²) >= 11 is 42.1. The van der Waals surface area contributed by atoms with Crippen LogP contribution >= 0.6 is 120 Å². The third-order valence-corrected chi connectivity index (χ3v) is 22.7. The molecule has 1 N–H and O–H groups in total. The topological polar surface area (TPSA) is 220 Å². The summed E-state index contributed by atoms with van der Waals surface area (Å²) in [7, 11) is -6.50. The molecule has 3 aromatic carbocycles. The molecular weight excluding hydrogens is 1570 g/mol. The standard InChI is InChI=1S/2C28H34Cl2N3O5PS.C19H19Cl2N3OS/c2*1-5-37-39(34,38-6-2)20-36-14-8-7-13-35-19-26-32-27(21(3)4)28(33(26)18-22-9-11-31-12-10-22)40-25-16-23(29)15-24(30)17-25;1-12(2)18-19(26-16-8-14(20)7-15(21)9-16)24(17(11-25)23-18)10-13-3-5-22-6-4-13/h2*9-12,15-17,21H,5-6,13-14,18-20H2,1-4H3;3-9,12,25H,10-11H2,1-2H3. The molecule has 9 rings (SSSR count). The van der Waals surface area contributed by atoms with Gasteiger partial charge in [-0.25, -0.2) is 15.0 Å². The smallest absolute Gasteiger partial charge is 0.356 e. The van der Waals surface area contributed by atoms with Crippen molar-refractivity contribution in [2.24, 2.45) is 0 Å². The van der Waals surface area contributed by atoms with Crippen LogP contribution in [0.5, 0.6) is 0 Å². The Morgan fingerprint density at radius 3 is 0.915 bits per heavy atom. The number of hydrogen-bond acceptors (Lipinski definition) is 20. The number of halogens is 6. The molecule has 0 spiro atoms. The number of ether oxygens (including phenoxy) is 4. The first-order valence-corrected chi connectivity index (χ1v) is 42.1. The van der Waals surface area contributed by atoms with Crippen molar-refractivity contribution >= 4 is 120 Å². The molecule has 6 aromatic heterocycles. The minimum absolute atomic E-state index is 0.0879. The van der Waals surface area contributed by atoms with Crippen molar-refractivity contribution in [1.82, 2.24) is 43.6 Å². The summed E-state index contributed by atoms with van der Waals surface area (Å²) in [6.45, 7) is 23.5. The SMILES string of the molecule is CC(C)c1nc(CO)n(Cc2ccncc2)c1Sc1cc(Cl)cc(Cl)c1.CCOP(=O)(COCC#CCOCc1nc(C(C)C)c(Sc2cc(Cl)cc(Cl)c2)n1Cc1ccncc1)OCC.CCOP(=O)(COCC#CCOCc1nc(C(C)C)c(Sc2cc(Cl)cc(Cl)c2)n1Cc1ccncc1)OCC. The number of benzene rings is 3. The first-order chi connectivity index (χ1) is 51.0. The Labute approximate surface area is 664 Å². The van der Waals surface area contributed by atoms with E-state index in [0.29, 0.717) is 55.6 Å². The van der Waals surface area contributed by atoms with E-state index < -0.39 is 15.2 Å². The maximum absolute atomic E-state index is 12.4. The summed E-state index contributed by atoms with van der Waals surface area (Å²) in [5.74, 6) is 14.4. The third-order valence-electron chi connectivity index (χ3n) is 14.5. The first kappa shape index (κ1) is 88.0. The molecule has 0 atom stereocenters. The van der Waals surface area contributed by atoms with Crippen LogP contribution in [-0.2, 0) is 85.6 Å². The molecule has 0 unspecified atom stereocenters. The van der Waals surface area contributed by atoms with Crippen molar-refractivity contribution in [1.29, 1.82) is 0 Å². The van der Waals surface area contributed by atoms with E-state index in [1.165, 1.54) is 0 Å². The van der Waals surface area contributed by atoms with E-state index >= 15 is 0 Å². The Hall–Kier alpha value is -5.25. The van der Waals surface area contributed by atoms with Crippen molar-refractivity contribution < 1.29 is 51.3 Å². The molecule has 0 radical (unpaired) electrons. The lowest BCUT2D eigenvalue weighted by atomic mass is 10.1. The van der Waals surface area contributed by atoms with E-state index in [9.17, 15) is 14.2 Å². The molecule has 0 fully saturated rings. The molecule has 0 aliphatic carbocycles. The number of aromatic nitrogens is 9. The monoisotopic (exact) mass is 1660 g/mol. The van der Waals surface area contributed by atoms with Gasteiger partial charge in [-0.2, -0.15) is 0 Å². The van der Waals surface area contributed by atoms with E-state index in [1.54, 1.807) is 118 Å². The van der Waals surface area contributed by atoms with Crippen LogP contribution in [0.3, 0.4) is 0 Å². The largest absolute Gasteiger partial charge is 0.388 e. The highest BCUT2D eigenvalue weighted by Gasteiger charge is 2.27. The zero-order chi connectivity index (χ0) is 76.6. The van der Waals surface area contributed by atoms with Crippen LogP contribution < -0.4 is 0 Å². The zero-order valence-electron chi connectivity index (χ0n) is 60.6. The normalized spacial score (nSPS) is 11.5. The molecule has 0 saturated heterocycles. The maximum Gasteiger partial charge on any atom is 0.356 e. The van der Waals surface area contributed by atoms with Crippen molar-refractivity contribution in [2.75, 3.05) is 65.6 Å². The quantitative estimate of drug-likeness (QED) is 0.0219. The van der Waals surface area contributed by atoms with Crippen molar-refractivity contribution in [3.05, 3.63) is 210 Å². The lowest BCUT2D eigenvalue weighted by Gasteiger charge is -2.15. The summed E-state index contributed by atoms with van der Waals surface area (Å²) in [4.78, 5) is 29.7. The van der Waals surface area contributed by atoms with Crippen LogP contribution in [0.25, 0.3) is 0 Å². The van der Waals surface area contributed by atoms with E-state index in [1.807, 2.05) is 77.4 Å². The lowest BCUT2D eigenvalue weighted by Crippen LogP contribution is -2.08. The Bertz CT molecular complexity index is 4180. The molecule has 0 aliphatic rings. The van der Waals surface area contributed by atoms with Crippen LogP contribution in [0.4, 0.5) is 0 Å². The van der Waals surface area contributed by atoms with Gasteiger partial charge in [0.1, 0.15) is 91.5 Å². The molecule has 31 heteroatoms. The summed E-state index contributed by atoms with van der Waals surface area (Å²) < 4.78 is 74.5. The van der Waals surface area contributed by atoms with Crippen molar-refractivity contribution in [2.45, 2.75) is 156 Å². The Morgan fingerprint density at radius 2 is 0.660 bits per heavy atom. The number of rotatable bonds is 36. The van der Waals surface area contributed by atoms with Gasteiger partial charge in [-0.05, 0) is 153 Å². The minimum atomic E-state index is -3.25. The molecule has 20 nitrogen and oxygen atoms in total. The van der Waals surface area contributed by atoms with E-state index in [2.05, 4.69) is 94.3 Å². The highest BCUT2D eigenvalue weighted by Crippen LogP contribution is 2.49. The predicted molar refractivity (Wildman–Crippen MR) is 425 cm³/mol. The summed E-state index contributed by atoms with van der Waals surface area (Å²) in [6.07, 6.45) is 10.3. The summed E-state index contributed by atoms with van der Waals surface area (Å²) in [5.41, 5.74) is 6.13. The van der Waals surface area contributed by atoms with Gasteiger partial charge in [0.25, 0.3) is 0 Å². The fraction of sp³-hybridized carbons (Fsp3) is 0.387. The highest BCUT2D eigenvalue weighted by atomic mass is 35.5. The second kappa shape index (κ2) is 45.8. The van der Waals surface area contributed by atoms with Crippen LogP contribution in [-0.4, -0.2) is 114 Å². The van der Waals surface area contributed by atoms with Gasteiger partial charge >= 0.3 is 15.2 Å². The number of aliphatic hydroxyl groups is 1. The minimum Gasteiger partial charge on any atom is -0.388 e. The van der Waals surface area contributed by atoms with Crippen molar-refractivity contribution in [3.63, 3.8) is 0 Å². The number of nitrogens with zero attached hydrogens (tertiary/aromatic N) is 9.